The fraction of sp³-hybridized carbons (Fsp3) is 0.889. The van der Waals surface area contributed by atoms with Gasteiger partial charge in [0.05, 0.1) is 24.1 Å². The van der Waals surface area contributed by atoms with Gasteiger partial charge in [-0.2, -0.15) is 0 Å². The number of hydrogen-bond donors (Lipinski definition) is 3. The van der Waals surface area contributed by atoms with E-state index >= 15 is 0 Å². The van der Waals surface area contributed by atoms with Crippen molar-refractivity contribution in [3.8, 4) is 0 Å². The highest BCUT2D eigenvalue weighted by Gasteiger charge is 2.38. The van der Waals surface area contributed by atoms with E-state index in [0.29, 0.717) is 32.0 Å². The first kappa shape index (κ1) is 45.6. The molecule has 0 aromatic heterocycles. The lowest BCUT2D eigenvalue weighted by Gasteiger charge is -2.45. The summed E-state index contributed by atoms with van der Waals surface area (Å²) < 4.78 is 10.8. The van der Waals surface area contributed by atoms with Gasteiger partial charge in [0.1, 0.15) is 17.1 Å². The van der Waals surface area contributed by atoms with Crippen molar-refractivity contribution in [2.75, 3.05) is 37.9 Å². The minimum atomic E-state index is -0.513. The zero-order chi connectivity index (χ0) is 38.4. The molecular formula is C36H63Cl3N4O8. The van der Waals surface area contributed by atoms with Gasteiger partial charge in [0.15, 0.2) is 0 Å². The minimum absolute atomic E-state index is 0.0164. The van der Waals surface area contributed by atoms with Crippen molar-refractivity contribution >= 4 is 58.1 Å². The summed E-state index contributed by atoms with van der Waals surface area (Å²) in [6.07, 6.45) is 9.90. The van der Waals surface area contributed by atoms with Crippen LogP contribution in [0.4, 0.5) is 9.59 Å². The van der Waals surface area contributed by atoms with E-state index in [0.717, 1.165) is 70.9 Å². The van der Waals surface area contributed by atoms with Crippen LogP contribution in [0.5, 0.6) is 0 Å². The monoisotopic (exact) mass is 784 g/mol. The molecule has 15 heteroatoms. The Balaban J connectivity index is 0.000000316. The molecule has 3 amide bonds. The topological polar surface area (TPSA) is 149 Å². The van der Waals surface area contributed by atoms with Gasteiger partial charge in [-0.1, -0.05) is 25.7 Å². The number of hydrogen-bond acceptors (Lipinski definition) is 9. The predicted octanol–water partition coefficient (Wildman–Crippen LogP) is 6.03. The summed E-state index contributed by atoms with van der Waals surface area (Å²) in [6, 6.07) is 0.499. The third-order valence-electron chi connectivity index (χ3n) is 9.39. The Labute approximate surface area is 320 Å². The minimum Gasteiger partial charge on any atom is -0.444 e. The zero-order valence-electron chi connectivity index (χ0n) is 31.5. The Morgan fingerprint density at radius 2 is 1.12 bits per heavy atom. The molecule has 2 unspecified atom stereocenters. The zero-order valence-corrected chi connectivity index (χ0v) is 33.8. The molecule has 0 aromatic rings. The molecule has 4 atom stereocenters. The van der Waals surface area contributed by atoms with Crippen LogP contribution in [0.2, 0.25) is 0 Å². The summed E-state index contributed by atoms with van der Waals surface area (Å²) in [5, 5.41) is 23.5. The second-order valence-corrected chi connectivity index (χ2v) is 16.9. The number of carbonyl (C=O) groups is 4. The van der Waals surface area contributed by atoms with Crippen molar-refractivity contribution in [3.05, 3.63) is 0 Å². The first-order valence-electron chi connectivity index (χ1n) is 18.5. The lowest BCUT2D eigenvalue weighted by molar-refractivity contribution is -0.139. The molecule has 2 heterocycles. The molecule has 4 aliphatic rings. The first-order valence-corrected chi connectivity index (χ1v) is 20.0. The lowest BCUT2D eigenvalue weighted by atomic mass is 9.89. The van der Waals surface area contributed by atoms with E-state index < -0.39 is 22.5 Å². The maximum Gasteiger partial charge on any atom is 0.410 e. The van der Waals surface area contributed by atoms with Crippen molar-refractivity contribution in [1.82, 2.24) is 20.0 Å². The molecule has 2 saturated carbocycles. The summed E-state index contributed by atoms with van der Waals surface area (Å²) in [7, 11) is 0. The number of amides is 3. The number of piperidine rings is 2. The van der Waals surface area contributed by atoms with Crippen molar-refractivity contribution in [1.29, 1.82) is 0 Å². The highest BCUT2D eigenvalue weighted by Crippen LogP contribution is 2.29. The van der Waals surface area contributed by atoms with E-state index in [4.69, 9.17) is 44.3 Å². The molecule has 0 spiro atoms. The smallest absolute Gasteiger partial charge is 0.410 e. The molecule has 0 bridgehead atoms. The molecule has 4 fully saturated rings. The van der Waals surface area contributed by atoms with E-state index in [2.05, 4.69) is 5.32 Å². The van der Waals surface area contributed by atoms with Gasteiger partial charge in [0.25, 0.3) is 0 Å². The summed E-state index contributed by atoms with van der Waals surface area (Å²) >= 11 is 15.4. The van der Waals surface area contributed by atoms with Crippen molar-refractivity contribution in [3.63, 3.8) is 0 Å². The van der Waals surface area contributed by atoms with Gasteiger partial charge < -0.3 is 39.7 Å². The highest BCUT2D eigenvalue weighted by molar-refractivity contribution is 6.67. The van der Waals surface area contributed by atoms with Crippen LogP contribution >= 0.6 is 34.8 Å². The van der Waals surface area contributed by atoms with E-state index in [1.807, 2.05) is 46.4 Å². The summed E-state index contributed by atoms with van der Waals surface area (Å²) in [5.41, 5.74) is -0.945. The molecule has 2 saturated heterocycles. The number of rotatable bonds is 6. The van der Waals surface area contributed by atoms with Gasteiger partial charge in [0, 0.05) is 44.3 Å². The lowest BCUT2D eigenvalue weighted by Crippen LogP contribution is -2.57. The van der Waals surface area contributed by atoms with E-state index in [1.54, 1.807) is 9.80 Å². The van der Waals surface area contributed by atoms with Gasteiger partial charge in [-0.05, 0) is 105 Å². The second kappa shape index (κ2) is 22.0. The number of ether oxygens (including phenoxy) is 2. The average Bonchev–Trinajstić information content (AvgIpc) is 3.06. The van der Waals surface area contributed by atoms with Crippen LogP contribution in [0.25, 0.3) is 0 Å². The van der Waals surface area contributed by atoms with Crippen molar-refractivity contribution in [2.24, 2.45) is 0 Å². The number of nitrogens with zero attached hydrogens (tertiary/aromatic N) is 3. The van der Waals surface area contributed by atoms with Crippen molar-refractivity contribution in [2.45, 2.75) is 166 Å². The number of aliphatic hydroxyl groups is 2. The number of halogens is 3. The Bertz CT molecular complexity index is 1090. The Morgan fingerprint density at radius 1 is 0.686 bits per heavy atom. The maximum atomic E-state index is 12.4. The third-order valence-corrected chi connectivity index (χ3v) is 10.1. The summed E-state index contributed by atoms with van der Waals surface area (Å²) in [4.78, 5) is 51.4. The summed E-state index contributed by atoms with van der Waals surface area (Å²) in [6.45, 7) is 13.8. The van der Waals surface area contributed by atoms with Gasteiger partial charge in [-0.15, -0.1) is 23.2 Å². The number of likely N-dealkylation sites (tertiary alicyclic amines) is 2. The molecule has 51 heavy (non-hydrogen) atoms. The van der Waals surface area contributed by atoms with Gasteiger partial charge in [-0.3, -0.25) is 9.59 Å². The van der Waals surface area contributed by atoms with Gasteiger partial charge in [0.2, 0.25) is 11.1 Å². The molecule has 4 rings (SSSR count). The van der Waals surface area contributed by atoms with Gasteiger partial charge >= 0.3 is 12.2 Å². The number of nitrogens with one attached hydrogen (secondary N) is 1. The summed E-state index contributed by atoms with van der Waals surface area (Å²) in [5.74, 6) is -0.291. The fourth-order valence-electron chi connectivity index (χ4n) is 6.96. The number of aliphatic hydroxyl groups excluding tert-OH is 2. The molecular weight excluding hydrogens is 723 g/mol. The highest BCUT2D eigenvalue weighted by atomic mass is 35.5. The van der Waals surface area contributed by atoms with Crippen molar-refractivity contribution < 1.29 is 38.9 Å². The number of alkyl halides is 2. The molecule has 12 nitrogen and oxygen atoms in total. The Kier molecular flexibility index (Phi) is 19.6. The quantitative estimate of drug-likeness (QED) is 0.217. The van der Waals surface area contributed by atoms with Crippen LogP contribution < -0.4 is 5.32 Å². The van der Waals surface area contributed by atoms with Crippen LogP contribution in [-0.4, -0.2) is 134 Å². The first-order chi connectivity index (χ1) is 23.8. The largest absolute Gasteiger partial charge is 0.444 e. The van der Waals surface area contributed by atoms with E-state index in [9.17, 15) is 29.4 Å². The molecule has 2 aliphatic carbocycles. The van der Waals surface area contributed by atoms with Crippen LogP contribution in [-0.2, 0) is 19.1 Å². The predicted molar refractivity (Wildman–Crippen MR) is 200 cm³/mol. The van der Waals surface area contributed by atoms with Crippen LogP contribution in [0.1, 0.15) is 119 Å². The molecule has 0 aromatic carbocycles. The molecule has 2 aliphatic heterocycles. The van der Waals surface area contributed by atoms with Gasteiger partial charge in [-0.25, -0.2) is 9.59 Å². The standard InChI is InChI=1S/C18H31ClN2O4.C16H30N2O3.C2H2Cl2O/c1-18(2,3)25-17(24)20-10-8-13(9-11-20)21(16(23)12-19)14-6-4-5-7-15(14)22;1-16(2,3)21-15(20)18-10-8-12(9-11-18)17-13-6-4-5-7-14(13)19;3-1-2(4)5/h13-15,22H,4-12H2,1-3H3;12-14,17,19H,4-11H2,1-3H3;1H2/t14?,15-;13?,14-;/m00./s1. The maximum absolute atomic E-state index is 12.4. The Morgan fingerprint density at radius 3 is 1.53 bits per heavy atom. The van der Waals surface area contributed by atoms with E-state index in [-0.39, 0.29) is 54.1 Å². The molecule has 3 N–H and O–H groups in total. The van der Waals surface area contributed by atoms with Crippen LogP contribution in [0.3, 0.4) is 0 Å². The molecule has 0 radical (unpaired) electrons. The fourth-order valence-corrected chi connectivity index (χ4v) is 7.10. The SMILES string of the molecule is CC(C)(C)OC(=O)N1CCC(N(C(=O)CCl)C2CCCC[C@@H]2O)CC1.CC(C)(C)OC(=O)N1CCC(NC2CCCC[C@@H]2O)CC1.O=C(Cl)CCl. The average molecular weight is 786 g/mol. The van der Waals surface area contributed by atoms with Crippen LogP contribution in [0.15, 0.2) is 0 Å². The third kappa shape index (κ3) is 17.0. The van der Waals surface area contributed by atoms with Crippen LogP contribution in [0, 0.1) is 0 Å². The second-order valence-electron chi connectivity index (χ2n) is 15.9. The Hall–Kier alpha value is -1.57. The normalized spacial score (nSPS) is 25.0. The van der Waals surface area contributed by atoms with E-state index in [1.165, 1.54) is 6.42 Å². The molecule has 296 valence electrons. The number of carbonyl (C=O) groups excluding carboxylic acids is 4.